The lowest BCUT2D eigenvalue weighted by Crippen LogP contribution is -2.49. The minimum atomic E-state index is 0.0536. The predicted octanol–water partition coefficient (Wildman–Crippen LogP) is 2.83. The molecule has 0 spiro atoms. The number of fused-ring (bicyclic) bond motifs is 1. The zero-order valence-corrected chi connectivity index (χ0v) is 18.2. The van der Waals surface area contributed by atoms with Crippen LogP contribution >= 0.6 is 0 Å². The van der Waals surface area contributed by atoms with Crippen LogP contribution in [0, 0.1) is 0 Å². The van der Waals surface area contributed by atoms with Gasteiger partial charge in [0, 0.05) is 43.9 Å². The van der Waals surface area contributed by atoms with Crippen LogP contribution in [0.4, 0.5) is 0 Å². The maximum atomic E-state index is 13.0. The van der Waals surface area contributed by atoms with E-state index in [9.17, 15) is 4.79 Å². The lowest BCUT2D eigenvalue weighted by molar-refractivity contribution is -0.129. The van der Waals surface area contributed by atoms with Crippen LogP contribution < -0.4 is 18.9 Å². The Kier molecular flexibility index (Phi) is 6.32. The van der Waals surface area contributed by atoms with Crippen molar-refractivity contribution in [1.82, 2.24) is 9.80 Å². The van der Waals surface area contributed by atoms with E-state index in [1.807, 2.05) is 47.4 Å². The van der Waals surface area contributed by atoms with Gasteiger partial charge in [-0.3, -0.25) is 9.69 Å². The van der Waals surface area contributed by atoms with Gasteiger partial charge < -0.3 is 23.8 Å². The third-order valence-electron chi connectivity index (χ3n) is 5.75. The molecule has 2 aromatic carbocycles. The van der Waals surface area contributed by atoms with Gasteiger partial charge in [0.2, 0.25) is 5.75 Å². The van der Waals surface area contributed by atoms with Gasteiger partial charge in [0.1, 0.15) is 12.4 Å². The maximum absolute atomic E-state index is 13.0. The lowest BCUT2D eigenvalue weighted by atomic mass is 10.1. The third kappa shape index (κ3) is 4.32. The van der Waals surface area contributed by atoms with E-state index in [1.165, 1.54) is 0 Å². The zero-order valence-electron chi connectivity index (χ0n) is 18.2. The van der Waals surface area contributed by atoms with Gasteiger partial charge in [0.25, 0.3) is 5.91 Å². The molecule has 0 bridgehead atoms. The summed E-state index contributed by atoms with van der Waals surface area (Å²) in [5.74, 6) is 2.80. The van der Waals surface area contributed by atoms with Crippen LogP contribution in [-0.2, 0) is 11.3 Å². The number of hydrogen-bond donors (Lipinski definition) is 0. The molecule has 7 nitrogen and oxygen atoms in total. The molecule has 0 N–H and O–H groups in total. The first-order chi connectivity index (χ1) is 15.1. The second-order valence-electron chi connectivity index (χ2n) is 7.56. The molecular formula is C24H28N2O5. The topological polar surface area (TPSA) is 60.5 Å². The quantitative estimate of drug-likeness (QED) is 0.711. The molecule has 164 valence electrons. The van der Waals surface area contributed by atoms with E-state index in [0.29, 0.717) is 49.1 Å². The Morgan fingerprint density at radius 1 is 0.935 bits per heavy atom. The summed E-state index contributed by atoms with van der Waals surface area (Å²) in [5, 5.41) is 0. The van der Waals surface area contributed by atoms with Crippen LogP contribution in [0.2, 0.25) is 0 Å². The van der Waals surface area contributed by atoms with Gasteiger partial charge in [-0.2, -0.15) is 0 Å². The van der Waals surface area contributed by atoms with Crippen molar-refractivity contribution in [3.8, 4) is 23.0 Å². The predicted molar refractivity (Wildman–Crippen MR) is 118 cm³/mol. The highest BCUT2D eigenvalue weighted by atomic mass is 16.5. The molecule has 0 atom stereocenters. The van der Waals surface area contributed by atoms with E-state index < -0.39 is 0 Å². The first-order valence-electron chi connectivity index (χ1n) is 10.4. The van der Waals surface area contributed by atoms with Crippen molar-refractivity contribution in [3.63, 3.8) is 0 Å². The number of hydrogen-bond acceptors (Lipinski definition) is 6. The Bertz CT molecular complexity index is 980. The van der Waals surface area contributed by atoms with E-state index in [-0.39, 0.29) is 5.91 Å². The molecule has 2 heterocycles. The lowest BCUT2D eigenvalue weighted by Gasteiger charge is -2.35. The monoisotopic (exact) mass is 424 g/mol. The van der Waals surface area contributed by atoms with Gasteiger partial charge in [-0.05, 0) is 18.2 Å². The third-order valence-corrected chi connectivity index (χ3v) is 5.75. The summed E-state index contributed by atoms with van der Waals surface area (Å²) in [6, 6.07) is 11.7. The fourth-order valence-electron chi connectivity index (χ4n) is 4.08. The minimum absolute atomic E-state index is 0.0536. The first-order valence-corrected chi connectivity index (χ1v) is 10.4. The van der Waals surface area contributed by atoms with Gasteiger partial charge in [-0.15, -0.1) is 0 Å². The molecule has 1 amide bonds. The Balaban J connectivity index is 1.40. The number of rotatable bonds is 6. The highest BCUT2D eigenvalue weighted by Crippen LogP contribution is 2.40. The fourth-order valence-corrected chi connectivity index (χ4v) is 4.08. The van der Waals surface area contributed by atoms with Crippen molar-refractivity contribution >= 4 is 12.0 Å². The average Bonchev–Trinajstić information content (AvgIpc) is 2.83. The number of piperazine rings is 1. The van der Waals surface area contributed by atoms with Crippen LogP contribution in [0.5, 0.6) is 23.0 Å². The molecule has 0 saturated carbocycles. The molecule has 1 fully saturated rings. The maximum Gasteiger partial charge on any atom is 0.253 e. The van der Waals surface area contributed by atoms with Crippen molar-refractivity contribution in [2.45, 2.75) is 6.54 Å². The van der Waals surface area contributed by atoms with Crippen molar-refractivity contribution in [2.24, 2.45) is 0 Å². The number of nitrogens with zero attached hydrogens (tertiary/aromatic N) is 2. The van der Waals surface area contributed by atoms with Crippen LogP contribution in [-0.4, -0.2) is 69.8 Å². The Morgan fingerprint density at radius 2 is 1.68 bits per heavy atom. The number of benzene rings is 2. The van der Waals surface area contributed by atoms with Gasteiger partial charge in [-0.1, -0.05) is 24.3 Å². The normalized spacial score (nSPS) is 16.1. The molecule has 4 rings (SSSR count). The minimum Gasteiger partial charge on any atom is -0.493 e. The van der Waals surface area contributed by atoms with E-state index in [0.717, 1.165) is 30.0 Å². The molecule has 2 aliphatic rings. The SMILES string of the molecule is COc1ccc(CN2CCN(C(=O)C3=Cc4ccccc4OC3)CC2)c(OC)c1OC. The van der Waals surface area contributed by atoms with Gasteiger partial charge in [-0.25, -0.2) is 0 Å². The molecule has 2 aliphatic heterocycles. The molecule has 0 radical (unpaired) electrons. The highest BCUT2D eigenvalue weighted by Gasteiger charge is 2.27. The van der Waals surface area contributed by atoms with E-state index in [1.54, 1.807) is 21.3 Å². The average molecular weight is 424 g/mol. The number of carbonyl (C=O) groups excluding carboxylic acids is 1. The smallest absolute Gasteiger partial charge is 0.253 e. The second-order valence-corrected chi connectivity index (χ2v) is 7.56. The molecule has 31 heavy (non-hydrogen) atoms. The Morgan fingerprint density at radius 3 is 2.39 bits per heavy atom. The van der Waals surface area contributed by atoms with Crippen molar-refractivity contribution < 1.29 is 23.7 Å². The van der Waals surface area contributed by atoms with Crippen molar-refractivity contribution in [1.29, 1.82) is 0 Å². The molecule has 0 aliphatic carbocycles. The highest BCUT2D eigenvalue weighted by molar-refractivity contribution is 5.99. The Hall–Kier alpha value is -3.19. The van der Waals surface area contributed by atoms with Gasteiger partial charge >= 0.3 is 0 Å². The Labute approximate surface area is 182 Å². The molecule has 0 aromatic heterocycles. The summed E-state index contributed by atoms with van der Waals surface area (Å²) in [7, 11) is 4.85. The summed E-state index contributed by atoms with van der Waals surface area (Å²) >= 11 is 0. The second kappa shape index (κ2) is 9.31. The van der Waals surface area contributed by atoms with E-state index in [2.05, 4.69) is 4.90 Å². The van der Waals surface area contributed by atoms with Crippen LogP contribution in [0.15, 0.2) is 42.0 Å². The number of ether oxygens (including phenoxy) is 4. The molecule has 1 saturated heterocycles. The molecule has 2 aromatic rings. The number of carbonyl (C=O) groups is 1. The van der Waals surface area contributed by atoms with Crippen LogP contribution in [0.3, 0.4) is 0 Å². The van der Waals surface area contributed by atoms with Crippen molar-refractivity contribution in [2.75, 3.05) is 54.1 Å². The standard InChI is InChI=1S/C24H28N2O5/c1-28-21-9-8-18(22(29-2)23(21)30-3)15-25-10-12-26(13-11-25)24(27)19-14-17-6-4-5-7-20(17)31-16-19/h4-9,14H,10-13,15-16H2,1-3H3. The molecule has 0 unspecified atom stereocenters. The number of amides is 1. The van der Waals surface area contributed by atoms with Gasteiger partial charge in [0.05, 0.1) is 26.9 Å². The zero-order chi connectivity index (χ0) is 21.8. The number of para-hydroxylation sites is 1. The summed E-state index contributed by atoms with van der Waals surface area (Å²) < 4.78 is 22.2. The van der Waals surface area contributed by atoms with E-state index >= 15 is 0 Å². The fraction of sp³-hybridized carbons (Fsp3) is 0.375. The van der Waals surface area contributed by atoms with Gasteiger partial charge in [0.15, 0.2) is 11.5 Å². The summed E-state index contributed by atoms with van der Waals surface area (Å²) in [5.41, 5.74) is 2.69. The molecule has 7 heteroatoms. The first kappa shape index (κ1) is 21.1. The van der Waals surface area contributed by atoms with Crippen molar-refractivity contribution in [3.05, 3.63) is 53.1 Å². The van der Waals surface area contributed by atoms with Crippen LogP contribution in [0.25, 0.3) is 6.08 Å². The summed E-state index contributed by atoms with van der Waals surface area (Å²) in [4.78, 5) is 17.2. The number of methoxy groups -OCH3 is 3. The molecular weight excluding hydrogens is 396 g/mol. The summed E-state index contributed by atoms with van der Waals surface area (Å²) in [6.45, 7) is 3.95. The van der Waals surface area contributed by atoms with E-state index in [4.69, 9.17) is 18.9 Å². The van der Waals surface area contributed by atoms with Crippen LogP contribution in [0.1, 0.15) is 11.1 Å². The summed E-state index contributed by atoms with van der Waals surface area (Å²) in [6.07, 6.45) is 1.95. The largest absolute Gasteiger partial charge is 0.493 e.